The number of fused-ring (bicyclic) bond motifs is 1. The molecule has 1 N–H and O–H groups in total. The second-order valence-electron chi connectivity index (χ2n) is 5.44. The van der Waals surface area contributed by atoms with Gasteiger partial charge in [-0.05, 0) is 30.9 Å². The first kappa shape index (κ1) is 12.3. The van der Waals surface area contributed by atoms with Gasteiger partial charge in [-0.25, -0.2) is 0 Å². The van der Waals surface area contributed by atoms with E-state index >= 15 is 0 Å². The van der Waals surface area contributed by atoms with Crippen LogP contribution in [-0.2, 0) is 4.79 Å². The van der Waals surface area contributed by atoms with E-state index in [9.17, 15) is 9.90 Å². The van der Waals surface area contributed by atoms with Gasteiger partial charge in [0.05, 0.1) is 11.6 Å². The highest BCUT2D eigenvalue weighted by atomic mass is 16.3. The molecule has 1 amide bonds. The molecule has 1 unspecified atom stereocenters. The molecule has 0 saturated carbocycles. The van der Waals surface area contributed by atoms with Gasteiger partial charge in [0.1, 0.15) is 5.76 Å². The molecule has 2 aliphatic rings. The number of nitrogens with zero attached hydrogens (tertiary/aromatic N) is 1. The first-order valence-electron chi connectivity index (χ1n) is 7.00. The van der Waals surface area contributed by atoms with Gasteiger partial charge < -0.3 is 10.0 Å². The minimum absolute atomic E-state index is 0.00120. The van der Waals surface area contributed by atoms with Crippen molar-refractivity contribution in [3.63, 3.8) is 0 Å². The van der Waals surface area contributed by atoms with Crippen LogP contribution in [0.5, 0.6) is 0 Å². The number of aliphatic hydroxyl groups excluding tert-OH is 1. The van der Waals surface area contributed by atoms with Crippen LogP contribution in [0.1, 0.15) is 36.8 Å². The molecule has 100 valence electrons. The van der Waals surface area contributed by atoms with Gasteiger partial charge in [-0.15, -0.1) is 0 Å². The first-order chi connectivity index (χ1) is 9.20. The van der Waals surface area contributed by atoms with E-state index in [4.69, 9.17) is 0 Å². The van der Waals surface area contributed by atoms with Crippen LogP contribution >= 0.6 is 0 Å². The Morgan fingerprint density at radius 3 is 2.79 bits per heavy atom. The summed E-state index contributed by atoms with van der Waals surface area (Å²) in [6.07, 6.45) is 4.15. The van der Waals surface area contributed by atoms with Crippen molar-refractivity contribution in [3.05, 3.63) is 41.2 Å². The normalized spacial score (nSPS) is 23.5. The fourth-order valence-electron chi connectivity index (χ4n) is 3.16. The fourth-order valence-corrected chi connectivity index (χ4v) is 3.16. The van der Waals surface area contributed by atoms with Crippen LogP contribution in [0.15, 0.2) is 30.0 Å². The lowest BCUT2D eigenvalue weighted by molar-refractivity contribution is -0.125. The molecular formula is C16H19NO2. The molecule has 1 saturated heterocycles. The SMILES string of the molecule is Cc1ccccc1C1=C(O)C2CCCCCN2C1=O. The largest absolute Gasteiger partial charge is 0.509 e. The molecular weight excluding hydrogens is 238 g/mol. The van der Waals surface area contributed by atoms with Gasteiger partial charge in [0.2, 0.25) is 0 Å². The third-order valence-electron chi connectivity index (χ3n) is 4.21. The van der Waals surface area contributed by atoms with Crippen LogP contribution in [0.25, 0.3) is 5.57 Å². The Morgan fingerprint density at radius 1 is 1.21 bits per heavy atom. The molecule has 0 aromatic heterocycles. The van der Waals surface area contributed by atoms with Gasteiger partial charge in [-0.2, -0.15) is 0 Å². The molecule has 19 heavy (non-hydrogen) atoms. The van der Waals surface area contributed by atoms with Gasteiger partial charge in [-0.3, -0.25) is 4.79 Å². The van der Waals surface area contributed by atoms with E-state index in [0.29, 0.717) is 5.57 Å². The molecule has 3 heteroatoms. The number of aliphatic hydroxyl groups is 1. The van der Waals surface area contributed by atoms with Crippen LogP contribution in [0.3, 0.4) is 0 Å². The summed E-state index contributed by atoms with van der Waals surface area (Å²) in [6, 6.07) is 7.68. The minimum atomic E-state index is -0.0930. The maximum absolute atomic E-state index is 12.6. The molecule has 0 bridgehead atoms. The second kappa shape index (κ2) is 4.72. The topological polar surface area (TPSA) is 40.5 Å². The first-order valence-corrected chi connectivity index (χ1v) is 7.00. The fraction of sp³-hybridized carbons (Fsp3) is 0.438. The maximum Gasteiger partial charge on any atom is 0.258 e. The van der Waals surface area contributed by atoms with Gasteiger partial charge in [0, 0.05) is 6.54 Å². The van der Waals surface area contributed by atoms with Crippen LogP contribution < -0.4 is 0 Å². The summed E-state index contributed by atoms with van der Waals surface area (Å²) >= 11 is 0. The minimum Gasteiger partial charge on any atom is -0.509 e. The average Bonchev–Trinajstić information content (AvgIpc) is 2.61. The number of benzene rings is 1. The second-order valence-corrected chi connectivity index (χ2v) is 5.44. The Morgan fingerprint density at radius 2 is 2.00 bits per heavy atom. The number of aryl methyl sites for hydroxylation is 1. The summed E-state index contributed by atoms with van der Waals surface area (Å²) in [4.78, 5) is 14.4. The van der Waals surface area contributed by atoms with Gasteiger partial charge >= 0.3 is 0 Å². The number of amides is 1. The average molecular weight is 257 g/mol. The molecule has 3 rings (SSSR count). The molecule has 2 aliphatic heterocycles. The van der Waals surface area contributed by atoms with Crippen molar-refractivity contribution in [2.75, 3.05) is 6.54 Å². The number of hydrogen-bond acceptors (Lipinski definition) is 2. The highest BCUT2D eigenvalue weighted by Gasteiger charge is 2.40. The third kappa shape index (κ3) is 1.93. The number of hydrogen-bond donors (Lipinski definition) is 1. The van der Waals surface area contributed by atoms with Crippen molar-refractivity contribution in [2.45, 2.75) is 38.6 Å². The van der Waals surface area contributed by atoms with E-state index in [2.05, 4.69) is 0 Å². The van der Waals surface area contributed by atoms with E-state index in [0.717, 1.165) is 43.4 Å². The van der Waals surface area contributed by atoms with Crippen molar-refractivity contribution in [3.8, 4) is 0 Å². The molecule has 1 atom stereocenters. The smallest absolute Gasteiger partial charge is 0.258 e. The summed E-state index contributed by atoms with van der Waals surface area (Å²) in [5.41, 5.74) is 2.43. The molecule has 1 fully saturated rings. The molecule has 0 aliphatic carbocycles. The Balaban J connectivity index is 2.06. The van der Waals surface area contributed by atoms with E-state index in [1.807, 2.05) is 36.1 Å². The van der Waals surface area contributed by atoms with Gasteiger partial charge in [-0.1, -0.05) is 37.1 Å². The molecule has 0 radical (unpaired) electrons. The summed E-state index contributed by atoms with van der Waals surface area (Å²) in [7, 11) is 0. The zero-order chi connectivity index (χ0) is 13.4. The van der Waals surface area contributed by atoms with Gasteiger partial charge in [0.25, 0.3) is 5.91 Å². The zero-order valence-corrected chi connectivity index (χ0v) is 11.2. The van der Waals surface area contributed by atoms with E-state index < -0.39 is 0 Å². The van der Waals surface area contributed by atoms with Crippen LogP contribution in [0.2, 0.25) is 0 Å². The summed E-state index contributed by atoms with van der Waals surface area (Å²) < 4.78 is 0. The summed E-state index contributed by atoms with van der Waals surface area (Å²) in [6.45, 7) is 2.75. The van der Waals surface area contributed by atoms with Crippen molar-refractivity contribution < 1.29 is 9.90 Å². The highest BCUT2D eigenvalue weighted by Crippen LogP contribution is 2.36. The summed E-state index contributed by atoms with van der Waals surface area (Å²) in [5, 5.41) is 10.5. The van der Waals surface area contributed by atoms with Crippen LogP contribution in [0, 0.1) is 6.92 Å². The van der Waals surface area contributed by atoms with E-state index in [1.165, 1.54) is 0 Å². The maximum atomic E-state index is 12.6. The van der Waals surface area contributed by atoms with Crippen LogP contribution in [-0.4, -0.2) is 28.5 Å². The van der Waals surface area contributed by atoms with E-state index in [1.54, 1.807) is 0 Å². The lowest BCUT2D eigenvalue weighted by Crippen LogP contribution is -2.35. The van der Waals surface area contributed by atoms with Crippen molar-refractivity contribution in [1.82, 2.24) is 4.90 Å². The number of rotatable bonds is 1. The molecule has 1 aromatic rings. The monoisotopic (exact) mass is 257 g/mol. The third-order valence-corrected chi connectivity index (χ3v) is 4.21. The van der Waals surface area contributed by atoms with Gasteiger partial charge in [0.15, 0.2) is 0 Å². The Kier molecular flexibility index (Phi) is 3.05. The predicted molar refractivity (Wildman–Crippen MR) is 74.7 cm³/mol. The molecule has 0 spiro atoms. The van der Waals surface area contributed by atoms with Crippen molar-refractivity contribution in [2.24, 2.45) is 0 Å². The highest BCUT2D eigenvalue weighted by molar-refractivity contribution is 6.22. The molecule has 1 aromatic carbocycles. The van der Waals surface area contributed by atoms with Crippen molar-refractivity contribution >= 4 is 11.5 Å². The Bertz CT molecular complexity index is 547. The Labute approximate surface area is 113 Å². The standard InChI is InChI=1S/C16H19NO2/c1-11-7-4-5-8-12(11)14-15(18)13-9-3-2-6-10-17(13)16(14)19/h4-5,7-8,13,18H,2-3,6,9-10H2,1H3. The predicted octanol–water partition coefficient (Wildman–Crippen LogP) is 3.05. The number of carbonyl (C=O) groups is 1. The Hall–Kier alpha value is -1.77. The summed E-state index contributed by atoms with van der Waals surface area (Å²) in [5.74, 6) is 0.278. The van der Waals surface area contributed by atoms with Crippen molar-refractivity contribution in [1.29, 1.82) is 0 Å². The van der Waals surface area contributed by atoms with Crippen LogP contribution in [0.4, 0.5) is 0 Å². The van der Waals surface area contributed by atoms with E-state index in [-0.39, 0.29) is 17.7 Å². The quantitative estimate of drug-likeness (QED) is 0.840. The lowest BCUT2D eigenvalue weighted by Gasteiger charge is -2.22. The number of carbonyl (C=O) groups excluding carboxylic acids is 1. The molecule has 2 heterocycles. The zero-order valence-electron chi connectivity index (χ0n) is 11.2. The molecule has 3 nitrogen and oxygen atoms in total. The lowest BCUT2D eigenvalue weighted by atomic mass is 9.98.